The summed E-state index contributed by atoms with van der Waals surface area (Å²) in [4.78, 5) is 20.4. The van der Waals surface area contributed by atoms with Gasteiger partial charge in [-0.05, 0) is 0 Å². The molecule has 0 saturated carbocycles. The summed E-state index contributed by atoms with van der Waals surface area (Å²) in [5.74, 6) is 11.5. The number of amides is 2. The summed E-state index contributed by atoms with van der Waals surface area (Å²) in [5, 5.41) is 0. The first-order chi connectivity index (χ1) is 4.70. The Bertz CT molecular complexity index is 181. The van der Waals surface area contributed by atoms with Gasteiger partial charge in [0.2, 0.25) is 0 Å². The molecule has 6 N–H and O–H groups in total. The summed E-state index contributed by atoms with van der Waals surface area (Å²) < 4.78 is 0. The van der Waals surface area contributed by atoms with Crippen LogP contribution in [0.25, 0.3) is 0 Å². The fourth-order valence-electron chi connectivity index (χ4n) is 0.186. The van der Waals surface area contributed by atoms with Crippen LogP contribution in [0.3, 0.4) is 0 Å². The van der Waals surface area contributed by atoms with E-state index in [-0.39, 0.29) is 0 Å². The molecule has 0 bridgehead atoms. The number of nitrogens with two attached hydrogens (primary N) is 2. The Balaban J connectivity index is 3.91. The molecule has 6 nitrogen and oxygen atoms in total. The van der Waals surface area contributed by atoms with Gasteiger partial charge in [-0.3, -0.25) is 20.4 Å². The molecule has 10 heavy (non-hydrogen) atoms. The smallest absolute Gasteiger partial charge is 0.283 e. The van der Waals surface area contributed by atoms with Crippen LogP contribution < -0.4 is 22.5 Å². The molecule has 2 amide bonds. The average Bonchev–Trinajstić information content (AvgIpc) is 1.99. The minimum absolute atomic E-state index is 0.747. The van der Waals surface area contributed by atoms with Gasteiger partial charge >= 0.3 is 11.8 Å². The summed E-state index contributed by atoms with van der Waals surface area (Å²) in [6.45, 7) is 0. The van der Waals surface area contributed by atoms with Gasteiger partial charge in [0, 0.05) is 11.8 Å². The van der Waals surface area contributed by atoms with Crippen LogP contribution in [0.4, 0.5) is 0 Å². The highest BCUT2D eigenvalue weighted by Gasteiger charge is 1.90. The van der Waals surface area contributed by atoms with Gasteiger partial charge < -0.3 is 0 Å². The van der Waals surface area contributed by atoms with Crippen LogP contribution >= 0.6 is 0 Å². The number of carbonyl (C=O) groups is 2. The first-order valence-corrected chi connectivity index (χ1v) is 2.24. The third-order valence-electron chi connectivity index (χ3n) is 0.552. The predicted molar refractivity (Wildman–Crippen MR) is 32.4 cm³/mol. The number of rotatable bonds is 0. The minimum atomic E-state index is -0.747. The maximum Gasteiger partial charge on any atom is 0.310 e. The molecule has 0 aliphatic heterocycles. The highest BCUT2D eigenvalue weighted by Crippen LogP contribution is 1.57. The third kappa shape index (κ3) is 3.43. The maximum absolute atomic E-state index is 10.2. The van der Waals surface area contributed by atoms with Crippen molar-refractivity contribution in [2.45, 2.75) is 0 Å². The van der Waals surface area contributed by atoms with Gasteiger partial charge in [-0.15, -0.1) is 0 Å². The lowest BCUT2D eigenvalue weighted by Crippen LogP contribution is -2.31. The number of hydrogen-bond acceptors (Lipinski definition) is 4. The zero-order chi connectivity index (χ0) is 7.98. The zero-order valence-electron chi connectivity index (χ0n) is 4.97. The van der Waals surface area contributed by atoms with E-state index in [1.165, 1.54) is 0 Å². The summed E-state index contributed by atoms with van der Waals surface area (Å²) in [7, 11) is 0. The van der Waals surface area contributed by atoms with Crippen LogP contribution in [0.5, 0.6) is 0 Å². The molecule has 0 atom stereocenters. The summed E-state index contributed by atoms with van der Waals surface area (Å²) in [6.07, 6.45) is 0. The van der Waals surface area contributed by atoms with E-state index in [1.54, 1.807) is 10.9 Å². The second-order valence-electron chi connectivity index (χ2n) is 1.20. The highest BCUT2D eigenvalue weighted by atomic mass is 16.2. The van der Waals surface area contributed by atoms with Crippen molar-refractivity contribution >= 4 is 11.8 Å². The molecular formula is C4H6N4O2. The Kier molecular flexibility index (Phi) is 3.63. The molecule has 0 fully saturated rings. The SMILES string of the molecule is NNC(=O)C#CC(=O)NN. The summed E-state index contributed by atoms with van der Waals surface area (Å²) in [6, 6.07) is 0. The molecule has 0 spiro atoms. The Labute approximate surface area is 56.9 Å². The largest absolute Gasteiger partial charge is 0.310 e. The van der Waals surface area contributed by atoms with Crippen LogP contribution in [0.15, 0.2) is 0 Å². The van der Waals surface area contributed by atoms with Crippen LogP contribution in [-0.4, -0.2) is 11.8 Å². The van der Waals surface area contributed by atoms with Crippen molar-refractivity contribution in [3.63, 3.8) is 0 Å². The van der Waals surface area contributed by atoms with Crippen molar-refractivity contribution in [1.82, 2.24) is 10.9 Å². The van der Waals surface area contributed by atoms with Crippen LogP contribution in [0.1, 0.15) is 0 Å². The van der Waals surface area contributed by atoms with Gasteiger partial charge in [-0.2, -0.15) is 0 Å². The first kappa shape index (κ1) is 8.42. The van der Waals surface area contributed by atoms with E-state index < -0.39 is 11.8 Å². The van der Waals surface area contributed by atoms with E-state index in [9.17, 15) is 9.59 Å². The summed E-state index contributed by atoms with van der Waals surface area (Å²) >= 11 is 0. The lowest BCUT2D eigenvalue weighted by Gasteiger charge is -1.85. The van der Waals surface area contributed by atoms with E-state index in [0.717, 1.165) is 0 Å². The van der Waals surface area contributed by atoms with Crippen molar-refractivity contribution in [2.24, 2.45) is 11.7 Å². The monoisotopic (exact) mass is 142 g/mol. The fraction of sp³-hybridized carbons (Fsp3) is 0. The van der Waals surface area contributed by atoms with Crippen molar-refractivity contribution in [1.29, 1.82) is 0 Å². The van der Waals surface area contributed by atoms with E-state index >= 15 is 0 Å². The Morgan fingerprint density at radius 1 is 1.00 bits per heavy atom. The molecule has 0 radical (unpaired) electrons. The minimum Gasteiger partial charge on any atom is -0.283 e. The molecule has 0 aromatic heterocycles. The molecule has 0 aromatic carbocycles. The number of hydrazine groups is 2. The molecule has 6 heteroatoms. The first-order valence-electron chi connectivity index (χ1n) is 2.24. The molecule has 54 valence electrons. The van der Waals surface area contributed by atoms with Crippen molar-refractivity contribution in [3.8, 4) is 11.8 Å². The molecule has 0 saturated heterocycles. The van der Waals surface area contributed by atoms with E-state index in [0.29, 0.717) is 0 Å². The van der Waals surface area contributed by atoms with E-state index in [1.807, 2.05) is 11.8 Å². The second kappa shape index (κ2) is 4.31. The quantitative estimate of drug-likeness (QED) is 0.125. The van der Waals surface area contributed by atoms with Gasteiger partial charge in [-0.1, -0.05) is 0 Å². The molecular weight excluding hydrogens is 136 g/mol. The number of nitrogens with one attached hydrogen (secondary N) is 2. The number of hydrogen-bond donors (Lipinski definition) is 4. The average molecular weight is 142 g/mol. The number of carbonyl (C=O) groups excluding carboxylic acids is 2. The molecule has 0 aromatic rings. The lowest BCUT2D eigenvalue weighted by atomic mass is 10.5. The third-order valence-corrected chi connectivity index (χ3v) is 0.552. The maximum atomic E-state index is 10.2. The Morgan fingerprint density at radius 3 is 1.50 bits per heavy atom. The summed E-state index contributed by atoms with van der Waals surface area (Å²) in [5.41, 5.74) is 3.42. The van der Waals surface area contributed by atoms with Crippen LogP contribution in [0.2, 0.25) is 0 Å². The van der Waals surface area contributed by atoms with Crippen molar-refractivity contribution < 1.29 is 9.59 Å². The normalized spacial score (nSPS) is 7.00. The van der Waals surface area contributed by atoms with Crippen molar-refractivity contribution in [3.05, 3.63) is 0 Å². The topological polar surface area (TPSA) is 110 Å². The van der Waals surface area contributed by atoms with Gasteiger partial charge in [0.25, 0.3) is 0 Å². The molecule has 0 unspecified atom stereocenters. The zero-order valence-corrected chi connectivity index (χ0v) is 4.97. The predicted octanol–water partition coefficient (Wildman–Crippen LogP) is -3.03. The molecule has 0 aliphatic carbocycles. The fourth-order valence-corrected chi connectivity index (χ4v) is 0.186. The van der Waals surface area contributed by atoms with Gasteiger partial charge in [0.15, 0.2) is 0 Å². The van der Waals surface area contributed by atoms with E-state index in [4.69, 9.17) is 0 Å². The van der Waals surface area contributed by atoms with Gasteiger partial charge in [0.05, 0.1) is 0 Å². The second-order valence-corrected chi connectivity index (χ2v) is 1.20. The van der Waals surface area contributed by atoms with Crippen LogP contribution in [-0.2, 0) is 9.59 Å². The highest BCUT2D eigenvalue weighted by molar-refractivity contribution is 6.02. The molecule has 0 aliphatic rings. The van der Waals surface area contributed by atoms with Crippen molar-refractivity contribution in [2.75, 3.05) is 0 Å². The molecule has 0 rings (SSSR count). The van der Waals surface area contributed by atoms with Crippen LogP contribution in [0, 0.1) is 11.8 Å². The standard InChI is InChI=1S/C4H6N4O2/c5-7-3(9)1-2-4(10)8-6/h5-6H2,(H,7,9)(H,8,10). The van der Waals surface area contributed by atoms with Gasteiger partial charge in [-0.25, -0.2) is 11.7 Å². The van der Waals surface area contributed by atoms with Gasteiger partial charge in [0.1, 0.15) is 0 Å². The Morgan fingerprint density at radius 2 is 1.30 bits per heavy atom. The van der Waals surface area contributed by atoms with E-state index in [2.05, 4.69) is 11.7 Å². The molecule has 0 heterocycles. The Hall–Kier alpha value is -1.58. The lowest BCUT2D eigenvalue weighted by molar-refractivity contribution is -0.117.